The highest BCUT2D eigenvalue weighted by Crippen LogP contribution is 2.13. The van der Waals surface area contributed by atoms with Crippen molar-refractivity contribution >= 4 is 12.6 Å². The largest absolute Gasteiger partial charge is 0.492 e. The highest BCUT2D eigenvalue weighted by molar-refractivity contribution is 6.59. The third-order valence-corrected chi connectivity index (χ3v) is 2.54. The maximum Gasteiger partial charge on any atom is 0.492 e. The Kier molecular flexibility index (Phi) is 4.14. The first-order chi connectivity index (χ1) is 9.06. The monoisotopic (exact) mass is 264 g/mol. The number of hydrogen-bond acceptors (Lipinski definition) is 3. The molecule has 0 amide bonds. The van der Waals surface area contributed by atoms with E-state index in [9.17, 15) is 8.78 Å². The van der Waals surface area contributed by atoms with Crippen molar-refractivity contribution < 1.29 is 23.6 Å². The average Bonchev–Trinajstić information content (AvgIpc) is 2.36. The molecule has 0 aliphatic heterocycles. The molecule has 0 aliphatic carbocycles. The predicted octanol–water partition coefficient (Wildman–Crippen LogP) is 1.22. The van der Waals surface area contributed by atoms with Gasteiger partial charge in [0.05, 0.1) is 0 Å². The van der Waals surface area contributed by atoms with E-state index in [0.29, 0.717) is 5.56 Å². The molecule has 3 nitrogen and oxygen atoms in total. The molecule has 0 unspecified atom stereocenters. The molecule has 98 valence electrons. The van der Waals surface area contributed by atoms with Crippen LogP contribution in [0.2, 0.25) is 0 Å². The van der Waals surface area contributed by atoms with Crippen LogP contribution in [0.4, 0.5) is 8.78 Å². The Hall–Kier alpha value is -1.92. The van der Waals surface area contributed by atoms with Gasteiger partial charge in [0.25, 0.3) is 0 Å². The van der Waals surface area contributed by atoms with Crippen molar-refractivity contribution in [2.24, 2.45) is 0 Å². The molecule has 0 saturated heterocycles. The lowest BCUT2D eigenvalue weighted by Gasteiger charge is -2.11. The normalized spacial score (nSPS) is 10.3. The molecule has 0 heterocycles. The van der Waals surface area contributed by atoms with Crippen LogP contribution in [0, 0.1) is 11.6 Å². The van der Waals surface area contributed by atoms with Crippen molar-refractivity contribution in [2.75, 3.05) is 0 Å². The van der Waals surface area contributed by atoms with Gasteiger partial charge in [-0.3, -0.25) is 0 Å². The van der Waals surface area contributed by atoms with Gasteiger partial charge in [-0.2, -0.15) is 0 Å². The molecule has 0 aromatic heterocycles. The van der Waals surface area contributed by atoms with Crippen molar-refractivity contribution in [3.05, 3.63) is 59.7 Å². The fourth-order valence-corrected chi connectivity index (χ4v) is 1.63. The third kappa shape index (κ3) is 3.53. The summed E-state index contributed by atoms with van der Waals surface area (Å²) in [5.74, 6) is -0.944. The van der Waals surface area contributed by atoms with Crippen LogP contribution in [0.25, 0.3) is 0 Å². The van der Waals surface area contributed by atoms with E-state index in [2.05, 4.69) is 0 Å². The highest BCUT2D eigenvalue weighted by atomic mass is 19.1. The van der Waals surface area contributed by atoms with Crippen LogP contribution >= 0.6 is 0 Å². The molecule has 0 spiro atoms. The molecule has 2 aromatic rings. The minimum Gasteiger partial charge on any atom is -0.489 e. The highest BCUT2D eigenvalue weighted by Gasteiger charge is 2.17. The lowest BCUT2D eigenvalue weighted by molar-refractivity contribution is 0.304. The van der Waals surface area contributed by atoms with E-state index in [4.69, 9.17) is 14.8 Å². The quantitative estimate of drug-likeness (QED) is 0.816. The molecule has 19 heavy (non-hydrogen) atoms. The Morgan fingerprint density at radius 1 is 1.00 bits per heavy atom. The molecule has 0 bridgehead atoms. The summed E-state index contributed by atoms with van der Waals surface area (Å²) in [5.41, 5.74) is 0.612. The summed E-state index contributed by atoms with van der Waals surface area (Å²) in [6.45, 7) is 0.000926. The SMILES string of the molecule is OB(O)c1ccc(F)cc1OCc1cccc(F)c1. The topological polar surface area (TPSA) is 49.7 Å². The lowest BCUT2D eigenvalue weighted by Crippen LogP contribution is -2.31. The standard InChI is InChI=1S/C13H11BF2O3/c15-10-3-1-2-9(6-10)8-19-13-7-11(16)4-5-12(13)14(17)18/h1-7,17-18H,8H2. The van der Waals surface area contributed by atoms with E-state index in [1.807, 2.05) is 0 Å². The zero-order valence-corrected chi connectivity index (χ0v) is 9.88. The molecular weight excluding hydrogens is 253 g/mol. The molecule has 0 saturated carbocycles. The Labute approximate surface area is 109 Å². The summed E-state index contributed by atoms with van der Waals surface area (Å²) < 4.78 is 31.4. The van der Waals surface area contributed by atoms with E-state index < -0.39 is 18.8 Å². The van der Waals surface area contributed by atoms with Gasteiger partial charge in [0.1, 0.15) is 24.0 Å². The van der Waals surface area contributed by atoms with Gasteiger partial charge < -0.3 is 14.8 Å². The van der Waals surface area contributed by atoms with Gasteiger partial charge in [-0.05, 0) is 23.8 Å². The van der Waals surface area contributed by atoms with E-state index in [1.54, 1.807) is 6.07 Å². The average molecular weight is 264 g/mol. The lowest BCUT2D eigenvalue weighted by atomic mass is 9.79. The summed E-state index contributed by atoms with van der Waals surface area (Å²) in [4.78, 5) is 0. The van der Waals surface area contributed by atoms with E-state index in [1.165, 1.54) is 24.3 Å². The van der Waals surface area contributed by atoms with Crippen LogP contribution in [0.1, 0.15) is 5.56 Å². The van der Waals surface area contributed by atoms with Crippen molar-refractivity contribution in [1.82, 2.24) is 0 Å². The van der Waals surface area contributed by atoms with Crippen molar-refractivity contribution in [3.63, 3.8) is 0 Å². The minimum absolute atomic E-state index is 0.000926. The Morgan fingerprint density at radius 2 is 1.74 bits per heavy atom. The van der Waals surface area contributed by atoms with Crippen molar-refractivity contribution in [2.45, 2.75) is 6.61 Å². The van der Waals surface area contributed by atoms with Crippen LogP contribution in [0.5, 0.6) is 5.75 Å². The first-order valence-corrected chi connectivity index (χ1v) is 5.59. The smallest absolute Gasteiger partial charge is 0.489 e. The van der Waals surface area contributed by atoms with Gasteiger partial charge in [-0.25, -0.2) is 8.78 Å². The van der Waals surface area contributed by atoms with E-state index in [0.717, 1.165) is 12.1 Å². The van der Waals surface area contributed by atoms with Crippen LogP contribution in [0.15, 0.2) is 42.5 Å². The van der Waals surface area contributed by atoms with Crippen LogP contribution in [-0.4, -0.2) is 17.2 Å². The van der Waals surface area contributed by atoms with Gasteiger partial charge in [-0.15, -0.1) is 0 Å². The first kappa shape index (κ1) is 13.5. The third-order valence-electron chi connectivity index (χ3n) is 2.54. The summed E-state index contributed by atoms with van der Waals surface area (Å²) >= 11 is 0. The molecule has 6 heteroatoms. The molecule has 2 aromatic carbocycles. The van der Waals surface area contributed by atoms with Crippen molar-refractivity contribution in [3.8, 4) is 5.75 Å². The van der Waals surface area contributed by atoms with Crippen LogP contribution < -0.4 is 10.2 Å². The second kappa shape index (κ2) is 5.82. The molecule has 0 atom stereocenters. The summed E-state index contributed by atoms with van der Waals surface area (Å²) in [7, 11) is -1.76. The van der Waals surface area contributed by atoms with Gasteiger partial charge in [0.2, 0.25) is 0 Å². The predicted molar refractivity (Wildman–Crippen MR) is 67.0 cm³/mol. The zero-order chi connectivity index (χ0) is 13.8. The van der Waals surface area contributed by atoms with Crippen LogP contribution in [-0.2, 0) is 6.61 Å². The van der Waals surface area contributed by atoms with E-state index in [-0.39, 0.29) is 17.8 Å². The number of benzene rings is 2. The number of ether oxygens (including phenoxy) is 1. The minimum atomic E-state index is -1.76. The number of hydrogen-bond donors (Lipinski definition) is 2. The zero-order valence-electron chi connectivity index (χ0n) is 9.88. The molecule has 2 rings (SSSR count). The van der Waals surface area contributed by atoms with Gasteiger partial charge in [0.15, 0.2) is 0 Å². The second-order valence-electron chi connectivity index (χ2n) is 3.97. The Balaban J connectivity index is 2.17. The summed E-state index contributed by atoms with van der Waals surface area (Å²) in [6, 6.07) is 9.14. The molecule has 0 fully saturated rings. The fraction of sp³-hybridized carbons (Fsp3) is 0.0769. The summed E-state index contributed by atoms with van der Waals surface area (Å²) in [6.07, 6.45) is 0. The van der Waals surface area contributed by atoms with Gasteiger partial charge in [0, 0.05) is 11.5 Å². The number of rotatable bonds is 4. The maximum atomic E-state index is 13.1. The second-order valence-corrected chi connectivity index (χ2v) is 3.97. The first-order valence-electron chi connectivity index (χ1n) is 5.59. The Bertz CT molecular complexity index is 576. The van der Waals surface area contributed by atoms with Gasteiger partial charge >= 0.3 is 7.12 Å². The van der Waals surface area contributed by atoms with Crippen LogP contribution in [0.3, 0.4) is 0 Å². The molecule has 0 radical (unpaired) electrons. The molecule has 2 N–H and O–H groups in total. The van der Waals surface area contributed by atoms with E-state index >= 15 is 0 Å². The van der Waals surface area contributed by atoms with Gasteiger partial charge in [-0.1, -0.05) is 18.2 Å². The maximum absolute atomic E-state index is 13.1. The Morgan fingerprint density at radius 3 is 2.42 bits per heavy atom. The number of halogens is 2. The summed E-state index contributed by atoms with van der Waals surface area (Å²) in [5, 5.41) is 18.3. The fourth-order valence-electron chi connectivity index (χ4n) is 1.63. The molecular formula is C13H11BF2O3. The molecule has 0 aliphatic rings. The van der Waals surface area contributed by atoms with Crippen molar-refractivity contribution in [1.29, 1.82) is 0 Å².